The van der Waals surface area contributed by atoms with Crippen molar-refractivity contribution < 1.29 is 22.7 Å². The molecule has 0 radical (unpaired) electrons. The minimum absolute atomic E-state index is 0.0668. The van der Waals surface area contributed by atoms with Crippen LogP contribution in [0.25, 0.3) is 0 Å². The lowest BCUT2D eigenvalue weighted by molar-refractivity contribution is -0.120. The van der Waals surface area contributed by atoms with Gasteiger partial charge in [-0.25, -0.2) is 13.1 Å². The minimum Gasteiger partial charge on any atom is -0.496 e. The molecular weight excluding hydrogens is 380 g/mol. The van der Waals surface area contributed by atoms with Crippen LogP contribution >= 0.6 is 0 Å². The third-order valence-corrected chi connectivity index (χ3v) is 5.51. The van der Waals surface area contributed by atoms with Crippen molar-refractivity contribution >= 4 is 15.9 Å². The second-order valence-corrected chi connectivity index (χ2v) is 8.03. The number of carbonyl (C=O) groups excluding carboxylic acids is 1. The first-order chi connectivity index (χ1) is 13.3. The second-order valence-electron chi connectivity index (χ2n) is 6.26. The van der Waals surface area contributed by atoms with E-state index in [4.69, 9.17) is 9.47 Å². The number of amides is 1. The molecule has 0 aliphatic rings. The van der Waals surface area contributed by atoms with Crippen LogP contribution in [0, 0.1) is 6.92 Å². The minimum atomic E-state index is -3.80. The largest absolute Gasteiger partial charge is 0.496 e. The van der Waals surface area contributed by atoms with E-state index < -0.39 is 15.9 Å². The number of ether oxygens (including phenoxy) is 2. The fraction of sp³-hybridized carbons (Fsp3) is 0.350. The van der Waals surface area contributed by atoms with Crippen LogP contribution < -0.4 is 19.5 Å². The van der Waals surface area contributed by atoms with Gasteiger partial charge in [-0.2, -0.15) is 0 Å². The third-order valence-electron chi connectivity index (χ3n) is 4.10. The highest BCUT2D eigenvalue weighted by Crippen LogP contribution is 2.26. The van der Waals surface area contributed by atoms with Crippen LogP contribution in [0.4, 0.5) is 0 Å². The van der Waals surface area contributed by atoms with E-state index in [2.05, 4.69) is 10.0 Å². The number of sulfonamides is 1. The third kappa shape index (κ3) is 5.71. The van der Waals surface area contributed by atoms with Gasteiger partial charge in [0.2, 0.25) is 15.9 Å². The summed E-state index contributed by atoms with van der Waals surface area (Å²) in [6, 6.07) is 11.4. The molecule has 0 saturated heterocycles. The normalized spacial score (nSPS) is 12.3. The zero-order chi connectivity index (χ0) is 20.7. The Hall–Kier alpha value is -2.58. The Labute approximate surface area is 166 Å². The van der Waals surface area contributed by atoms with Crippen LogP contribution in [0.3, 0.4) is 0 Å². The molecule has 2 aromatic carbocycles. The second kappa shape index (κ2) is 9.57. The summed E-state index contributed by atoms with van der Waals surface area (Å²) in [5, 5.41) is 2.78. The summed E-state index contributed by atoms with van der Waals surface area (Å²) in [4.78, 5) is 12.3. The van der Waals surface area contributed by atoms with E-state index in [1.165, 1.54) is 12.1 Å². The lowest BCUT2D eigenvalue weighted by Gasteiger charge is -2.18. The highest BCUT2D eigenvalue weighted by Gasteiger charge is 2.18. The fourth-order valence-electron chi connectivity index (χ4n) is 2.69. The zero-order valence-corrected chi connectivity index (χ0v) is 17.3. The number of nitrogens with one attached hydrogen (secondary N) is 2. The van der Waals surface area contributed by atoms with Crippen molar-refractivity contribution in [1.82, 2.24) is 10.0 Å². The molecule has 28 heavy (non-hydrogen) atoms. The SMILES string of the molecule is CCOc1ccc(S(=O)(=O)NCC(=O)N[C@@H](C)c2cc(C)ccc2OC)cc1. The fourth-order valence-corrected chi connectivity index (χ4v) is 3.67. The van der Waals surface area contributed by atoms with Crippen molar-refractivity contribution in [1.29, 1.82) is 0 Å². The zero-order valence-electron chi connectivity index (χ0n) is 16.5. The van der Waals surface area contributed by atoms with Crippen molar-refractivity contribution in [2.45, 2.75) is 31.7 Å². The first-order valence-electron chi connectivity index (χ1n) is 8.93. The number of aryl methyl sites for hydroxylation is 1. The molecule has 2 N–H and O–H groups in total. The van der Waals surface area contributed by atoms with E-state index in [-0.39, 0.29) is 17.5 Å². The van der Waals surface area contributed by atoms with Crippen LogP contribution in [0.15, 0.2) is 47.4 Å². The number of methoxy groups -OCH3 is 1. The highest BCUT2D eigenvalue weighted by molar-refractivity contribution is 7.89. The highest BCUT2D eigenvalue weighted by atomic mass is 32.2. The van der Waals surface area contributed by atoms with E-state index >= 15 is 0 Å². The number of benzene rings is 2. The van der Waals surface area contributed by atoms with Crippen LogP contribution in [-0.2, 0) is 14.8 Å². The van der Waals surface area contributed by atoms with E-state index in [1.807, 2.05) is 39.0 Å². The molecule has 0 bridgehead atoms. The molecule has 0 aliphatic heterocycles. The molecule has 2 aromatic rings. The average Bonchev–Trinajstić information content (AvgIpc) is 2.67. The molecule has 152 valence electrons. The van der Waals surface area contributed by atoms with Crippen LogP contribution in [0.5, 0.6) is 11.5 Å². The van der Waals surface area contributed by atoms with Crippen LogP contribution in [-0.4, -0.2) is 34.6 Å². The monoisotopic (exact) mass is 406 g/mol. The molecule has 0 heterocycles. The van der Waals surface area contributed by atoms with Gasteiger partial charge in [0.1, 0.15) is 11.5 Å². The lowest BCUT2D eigenvalue weighted by Crippen LogP contribution is -2.38. The summed E-state index contributed by atoms with van der Waals surface area (Å²) in [6.07, 6.45) is 0. The molecule has 0 aromatic heterocycles. The van der Waals surface area contributed by atoms with Gasteiger partial charge < -0.3 is 14.8 Å². The predicted molar refractivity (Wildman–Crippen MR) is 107 cm³/mol. The Balaban J connectivity index is 1.98. The molecule has 0 aliphatic carbocycles. The van der Waals surface area contributed by atoms with Gasteiger partial charge in [0.15, 0.2) is 0 Å². The van der Waals surface area contributed by atoms with E-state index in [0.29, 0.717) is 18.1 Å². The van der Waals surface area contributed by atoms with Gasteiger partial charge in [0, 0.05) is 5.56 Å². The van der Waals surface area contributed by atoms with Crippen molar-refractivity contribution in [3.8, 4) is 11.5 Å². The van der Waals surface area contributed by atoms with Gasteiger partial charge >= 0.3 is 0 Å². The maximum Gasteiger partial charge on any atom is 0.241 e. The van der Waals surface area contributed by atoms with Gasteiger partial charge in [-0.15, -0.1) is 0 Å². The van der Waals surface area contributed by atoms with Gasteiger partial charge in [0.25, 0.3) is 0 Å². The Morgan fingerprint density at radius 2 is 1.82 bits per heavy atom. The summed E-state index contributed by atoms with van der Waals surface area (Å²) in [5.74, 6) is 0.805. The number of rotatable bonds is 9. The Morgan fingerprint density at radius 3 is 2.43 bits per heavy atom. The number of carbonyl (C=O) groups is 1. The standard InChI is InChI=1S/C20H26N2O5S/c1-5-27-16-7-9-17(10-8-16)28(24,25)21-13-20(23)22-15(3)18-12-14(2)6-11-19(18)26-4/h6-12,15,21H,5,13H2,1-4H3,(H,22,23)/t15-/m0/s1. The van der Waals surface area contributed by atoms with Gasteiger partial charge in [-0.1, -0.05) is 17.7 Å². The Kier molecular flexibility index (Phi) is 7.42. The maximum atomic E-state index is 12.4. The van der Waals surface area contributed by atoms with Gasteiger partial charge in [-0.05, 0) is 51.1 Å². The lowest BCUT2D eigenvalue weighted by atomic mass is 10.0. The Bertz CT molecular complexity index is 911. The van der Waals surface area contributed by atoms with Crippen molar-refractivity contribution in [2.75, 3.05) is 20.3 Å². The summed E-state index contributed by atoms with van der Waals surface area (Å²) >= 11 is 0. The first-order valence-corrected chi connectivity index (χ1v) is 10.4. The number of hydrogen-bond acceptors (Lipinski definition) is 5. The quantitative estimate of drug-likeness (QED) is 0.668. The Morgan fingerprint density at radius 1 is 1.14 bits per heavy atom. The molecular formula is C20H26N2O5S. The molecule has 2 rings (SSSR count). The van der Waals surface area contributed by atoms with Gasteiger partial charge in [-0.3, -0.25) is 4.79 Å². The topological polar surface area (TPSA) is 93.7 Å². The van der Waals surface area contributed by atoms with E-state index in [1.54, 1.807) is 19.2 Å². The molecule has 7 nitrogen and oxygen atoms in total. The van der Waals surface area contributed by atoms with Crippen molar-refractivity contribution in [3.05, 3.63) is 53.6 Å². The maximum absolute atomic E-state index is 12.4. The first kappa shape index (κ1) is 21.7. The molecule has 1 amide bonds. The molecule has 0 unspecified atom stereocenters. The van der Waals surface area contributed by atoms with Crippen molar-refractivity contribution in [3.63, 3.8) is 0 Å². The summed E-state index contributed by atoms with van der Waals surface area (Å²) in [6.45, 7) is 5.74. The van der Waals surface area contributed by atoms with Crippen LogP contribution in [0.1, 0.15) is 31.0 Å². The van der Waals surface area contributed by atoms with Crippen LogP contribution in [0.2, 0.25) is 0 Å². The summed E-state index contributed by atoms with van der Waals surface area (Å²) in [7, 11) is -2.23. The van der Waals surface area contributed by atoms with Gasteiger partial charge in [0.05, 0.1) is 31.2 Å². The molecule has 0 fully saturated rings. The molecule has 0 saturated carbocycles. The average molecular weight is 407 g/mol. The summed E-state index contributed by atoms with van der Waals surface area (Å²) in [5.41, 5.74) is 1.86. The van der Waals surface area contributed by atoms with E-state index in [9.17, 15) is 13.2 Å². The van der Waals surface area contributed by atoms with Crippen molar-refractivity contribution in [2.24, 2.45) is 0 Å². The summed E-state index contributed by atoms with van der Waals surface area (Å²) < 4.78 is 37.6. The molecule has 1 atom stereocenters. The smallest absolute Gasteiger partial charge is 0.241 e. The molecule has 0 spiro atoms. The molecule has 8 heteroatoms. The predicted octanol–water partition coefficient (Wildman–Crippen LogP) is 2.56. The number of hydrogen-bond donors (Lipinski definition) is 2. The van der Waals surface area contributed by atoms with E-state index in [0.717, 1.165) is 11.1 Å².